The van der Waals surface area contributed by atoms with Crippen LogP contribution in [0.15, 0.2) is 22.7 Å². The lowest BCUT2D eigenvalue weighted by molar-refractivity contribution is -0.121. The lowest BCUT2D eigenvalue weighted by atomic mass is 10.1. The van der Waals surface area contributed by atoms with Gasteiger partial charge in [0.1, 0.15) is 6.04 Å². The van der Waals surface area contributed by atoms with E-state index >= 15 is 0 Å². The van der Waals surface area contributed by atoms with Gasteiger partial charge in [0, 0.05) is 23.2 Å². The average molecular weight is 356 g/mol. The fourth-order valence-electron chi connectivity index (χ4n) is 2.41. The Kier molecular flexibility index (Phi) is 6.02. The van der Waals surface area contributed by atoms with Gasteiger partial charge in [0.05, 0.1) is 13.2 Å². The van der Waals surface area contributed by atoms with Crippen LogP contribution < -0.4 is 16.0 Å². The molecule has 116 valence electrons. The standard InChI is InChI=1S/C15H22BrN3O2/c1-2-5-18-9-11-3-4-12(8-13(11)16)19-6-7-21-10-14(19)15(17)20/h3-4,8,14,18H,2,5-7,9-10H2,1H3,(H2,17,20). The molecule has 3 N–H and O–H groups in total. The molecular weight excluding hydrogens is 334 g/mol. The van der Waals surface area contributed by atoms with Crippen LogP contribution in [0.3, 0.4) is 0 Å². The van der Waals surface area contributed by atoms with E-state index in [1.807, 2.05) is 17.0 Å². The summed E-state index contributed by atoms with van der Waals surface area (Å²) in [4.78, 5) is 13.6. The number of rotatable bonds is 6. The average Bonchev–Trinajstić information content (AvgIpc) is 2.49. The van der Waals surface area contributed by atoms with E-state index in [1.165, 1.54) is 5.56 Å². The summed E-state index contributed by atoms with van der Waals surface area (Å²) >= 11 is 3.61. The SMILES string of the molecule is CCCNCc1ccc(N2CCOCC2C(N)=O)cc1Br. The summed E-state index contributed by atoms with van der Waals surface area (Å²) in [5, 5.41) is 3.38. The maximum atomic E-state index is 11.5. The zero-order valence-corrected chi connectivity index (χ0v) is 13.9. The number of nitrogens with two attached hydrogens (primary N) is 1. The Hall–Kier alpha value is -1.11. The van der Waals surface area contributed by atoms with Crippen molar-refractivity contribution in [3.05, 3.63) is 28.2 Å². The van der Waals surface area contributed by atoms with Crippen molar-refractivity contribution in [1.82, 2.24) is 5.32 Å². The van der Waals surface area contributed by atoms with E-state index in [4.69, 9.17) is 10.5 Å². The quantitative estimate of drug-likeness (QED) is 0.761. The van der Waals surface area contributed by atoms with Gasteiger partial charge in [0.2, 0.25) is 5.91 Å². The van der Waals surface area contributed by atoms with Gasteiger partial charge in [-0.15, -0.1) is 0 Å². The second-order valence-electron chi connectivity index (χ2n) is 5.14. The Morgan fingerprint density at radius 1 is 1.57 bits per heavy atom. The van der Waals surface area contributed by atoms with Crippen LogP contribution in [0.1, 0.15) is 18.9 Å². The van der Waals surface area contributed by atoms with Crippen molar-refractivity contribution < 1.29 is 9.53 Å². The minimum absolute atomic E-state index is 0.348. The summed E-state index contributed by atoms with van der Waals surface area (Å²) in [5.41, 5.74) is 7.66. The smallest absolute Gasteiger partial charge is 0.242 e. The largest absolute Gasteiger partial charge is 0.377 e. The Morgan fingerprint density at radius 3 is 3.05 bits per heavy atom. The first-order valence-electron chi connectivity index (χ1n) is 7.26. The molecule has 21 heavy (non-hydrogen) atoms. The molecule has 1 unspecified atom stereocenters. The van der Waals surface area contributed by atoms with Gasteiger partial charge in [-0.2, -0.15) is 0 Å². The summed E-state index contributed by atoms with van der Waals surface area (Å²) in [5.74, 6) is -0.348. The van der Waals surface area contributed by atoms with Crippen LogP contribution in [-0.2, 0) is 16.1 Å². The number of primary amides is 1. The summed E-state index contributed by atoms with van der Waals surface area (Å²) in [7, 11) is 0. The van der Waals surface area contributed by atoms with E-state index in [-0.39, 0.29) is 5.91 Å². The Balaban J connectivity index is 2.12. The molecule has 0 aromatic heterocycles. The molecular formula is C15H22BrN3O2. The predicted octanol–water partition coefficient (Wildman–Crippen LogP) is 1.64. The number of halogens is 1. The summed E-state index contributed by atoms with van der Waals surface area (Å²) in [6, 6.07) is 5.77. The number of ether oxygens (including phenoxy) is 1. The fourth-order valence-corrected chi connectivity index (χ4v) is 2.91. The zero-order chi connectivity index (χ0) is 15.2. The van der Waals surface area contributed by atoms with Gasteiger partial charge >= 0.3 is 0 Å². The third-order valence-electron chi connectivity index (χ3n) is 3.57. The second-order valence-corrected chi connectivity index (χ2v) is 5.99. The molecule has 5 nitrogen and oxygen atoms in total. The van der Waals surface area contributed by atoms with Crippen molar-refractivity contribution in [2.24, 2.45) is 5.73 Å². The van der Waals surface area contributed by atoms with Gasteiger partial charge in [-0.25, -0.2) is 0 Å². The number of nitrogens with zero attached hydrogens (tertiary/aromatic N) is 1. The molecule has 0 spiro atoms. The number of nitrogens with one attached hydrogen (secondary N) is 1. The molecule has 2 rings (SSSR count). The second kappa shape index (κ2) is 7.77. The number of hydrogen-bond donors (Lipinski definition) is 2. The molecule has 1 aromatic carbocycles. The number of amides is 1. The van der Waals surface area contributed by atoms with Gasteiger partial charge in [-0.3, -0.25) is 4.79 Å². The highest BCUT2D eigenvalue weighted by molar-refractivity contribution is 9.10. The third kappa shape index (κ3) is 4.18. The lowest BCUT2D eigenvalue weighted by Gasteiger charge is -2.35. The number of carbonyl (C=O) groups excluding carboxylic acids is 1. The van der Waals surface area contributed by atoms with Crippen molar-refractivity contribution >= 4 is 27.5 Å². The highest BCUT2D eigenvalue weighted by atomic mass is 79.9. The van der Waals surface area contributed by atoms with Crippen LogP contribution in [0.2, 0.25) is 0 Å². The monoisotopic (exact) mass is 355 g/mol. The van der Waals surface area contributed by atoms with E-state index in [9.17, 15) is 4.79 Å². The molecule has 1 fully saturated rings. The van der Waals surface area contributed by atoms with Crippen LogP contribution >= 0.6 is 15.9 Å². The molecule has 1 saturated heterocycles. The number of carbonyl (C=O) groups is 1. The number of benzene rings is 1. The normalized spacial score (nSPS) is 18.8. The molecule has 0 saturated carbocycles. The number of anilines is 1. The van der Waals surface area contributed by atoms with Gasteiger partial charge in [-0.1, -0.05) is 28.9 Å². The molecule has 1 heterocycles. The molecule has 1 aliphatic heterocycles. The third-order valence-corrected chi connectivity index (χ3v) is 4.31. The van der Waals surface area contributed by atoms with Crippen molar-refractivity contribution in [1.29, 1.82) is 0 Å². The minimum atomic E-state index is -0.394. The molecule has 0 bridgehead atoms. The first kappa shape index (κ1) is 16.3. The molecule has 0 radical (unpaired) electrons. The Morgan fingerprint density at radius 2 is 2.38 bits per heavy atom. The van der Waals surface area contributed by atoms with E-state index in [0.29, 0.717) is 19.8 Å². The highest BCUT2D eigenvalue weighted by Crippen LogP contribution is 2.26. The van der Waals surface area contributed by atoms with Crippen LogP contribution in [0.25, 0.3) is 0 Å². The first-order valence-corrected chi connectivity index (χ1v) is 8.05. The first-order chi connectivity index (χ1) is 10.1. The maximum absolute atomic E-state index is 11.5. The molecule has 1 amide bonds. The van der Waals surface area contributed by atoms with Crippen molar-refractivity contribution in [2.75, 3.05) is 31.2 Å². The van der Waals surface area contributed by atoms with Crippen LogP contribution in [0, 0.1) is 0 Å². The van der Waals surface area contributed by atoms with E-state index in [0.717, 1.165) is 29.7 Å². The minimum Gasteiger partial charge on any atom is -0.377 e. The predicted molar refractivity (Wildman–Crippen MR) is 87.3 cm³/mol. The van der Waals surface area contributed by atoms with Crippen LogP contribution in [0.4, 0.5) is 5.69 Å². The maximum Gasteiger partial charge on any atom is 0.242 e. The highest BCUT2D eigenvalue weighted by Gasteiger charge is 2.28. The summed E-state index contributed by atoms with van der Waals surface area (Å²) in [6.07, 6.45) is 1.11. The van der Waals surface area contributed by atoms with Crippen molar-refractivity contribution in [3.8, 4) is 0 Å². The molecule has 1 atom stereocenters. The zero-order valence-electron chi connectivity index (χ0n) is 12.3. The van der Waals surface area contributed by atoms with Gasteiger partial charge in [0.15, 0.2) is 0 Å². The summed E-state index contributed by atoms with van der Waals surface area (Å²) < 4.78 is 6.39. The van der Waals surface area contributed by atoms with Crippen molar-refractivity contribution in [2.45, 2.75) is 25.9 Å². The Bertz CT molecular complexity index is 496. The molecule has 0 aliphatic carbocycles. The van der Waals surface area contributed by atoms with Gasteiger partial charge < -0.3 is 20.7 Å². The number of hydrogen-bond acceptors (Lipinski definition) is 4. The lowest BCUT2D eigenvalue weighted by Crippen LogP contribution is -2.52. The van der Waals surface area contributed by atoms with E-state index < -0.39 is 6.04 Å². The molecule has 1 aliphatic rings. The van der Waals surface area contributed by atoms with E-state index in [1.54, 1.807) is 0 Å². The fraction of sp³-hybridized carbons (Fsp3) is 0.533. The van der Waals surface area contributed by atoms with E-state index in [2.05, 4.69) is 34.2 Å². The molecule has 1 aromatic rings. The number of morpholine rings is 1. The molecule has 6 heteroatoms. The van der Waals surface area contributed by atoms with Crippen molar-refractivity contribution in [3.63, 3.8) is 0 Å². The van der Waals surface area contributed by atoms with Gasteiger partial charge in [0.25, 0.3) is 0 Å². The topological polar surface area (TPSA) is 67.6 Å². The van der Waals surface area contributed by atoms with Crippen LogP contribution in [0.5, 0.6) is 0 Å². The summed E-state index contributed by atoms with van der Waals surface area (Å²) in [6.45, 7) is 5.62. The van der Waals surface area contributed by atoms with Gasteiger partial charge in [-0.05, 0) is 30.7 Å². The van der Waals surface area contributed by atoms with Crippen LogP contribution in [-0.4, -0.2) is 38.3 Å². The Labute approximate surface area is 134 Å².